The number of nitrogens with zero attached hydrogens (tertiary/aromatic N) is 3. The molecule has 1 aromatic heterocycles. The molecule has 2 heterocycles. The molecule has 0 saturated heterocycles. The Kier molecular flexibility index (Phi) is 4.95. The average molecular weight is 388 g/mol. The number of amides is 1. The lowest BCUT2D eigenvalue weighted by Gasteiger charge is -2.22. The van der Waals surface area contributed by atoms with Gasteiger partial charge in [-0.1, -0.05) is 24.3 Å². The third-order valence-electron chi connectivity index (χ3n) is 4.86. The lowest BCUT2D eigenvalue weighted by molar-refractivity contribution is 0.0600. The highest BCUT2D eigenvalue weighted by Gasteiger charge is 2.31. The highest BCUT2D eigenvalue weighted by molar-refractivity contribution is 6.07. The Morgan fingerprint density at radius 1 is 1.07 bits per heavy atom. The zero-order chi connectivity index (χ0) is 20.4. The van der Waals surface area contributed by atoms with Crippen LogP contribution in [0.4, 0.5) is 17.3 Å². The number of anilines is 3. The third-order valence-corrected chi connectivity index (χ3v) is 4.86. The van der Waals surface area contributed by atoms with Crippen molar-refractivity contribution in [1.82, 2.24) is 9.97 Å². The molecule has 1 amide bonds. The Hall–Kier alpha value is -3.74. The minimum atomic E-state index is -0.421. The highest BCUT2D eigenvalue weighted by atomic mass is 16.5. The topological polar surface area (TPSA) is 84.4 Å². The minimum Gasteiger partial charge on any atom is -0.465 e. The number of benzene rings is 2. The van der Waals surface area contributed by atoms with E-state index in [1.807, 2.05) is 31.2 Å². The van der Waals surface area contributed by atoms with E-state index < -0.39 is 5.97 Å². The van der Waals surface area contributed by atoms with Gasteiger partial charge < -0.3 is 15.0 Å². The van der Waals surface area contributed by atoms with Crippen LogP contribution in [0.25, 0.3) is 0 Å². The second-order valence-corrected chi connectivity index (χ2v) is 6.85. The van der Waals surface area contributed by atoms with Crippen molar-refractivity contribution in [3.05, 3.63) is 77.6 Å². The molecular weight excluding hydrogens is 368 g/mol. The molecule has 0 fully saturated rings. The monoisotopic (exact) mass is 388 g/mol. The van der Waals surface area contributed by atoms with Gasteiger partial charge in [0, 0.05) is 29.8 Å². The van der Waals surface area contributed by atoms with Crippen molar-refractivity contribution in [2.45, 2.75) is 19.4 Å². The summed E-state index contributed by atoms with van der Waals surface area (Å²) in [4.78, 5) is 35.0. The van der Waals surface area contributed by atoms with Gasteiger partial charge in [-0.2, -0.15) is 0 Å². The molecule has 7 heteroatoms. The largest absolute Gasteiger partial charge is 0.465 e. The fraction of sp³-hybridized carbons (Fsp3) is 0.182. The Bertz CT molecular complexity index is 1070. The zero-order valence-electron chi connectivity index (χ0n) is 16.1. The van der Waals surface area contributed by atoms with Crippen LogP contribution in [0.15, 0.2) is 60.9 Å². The molecule has 0 bridgehead atoms. The first kappa shape index (κ1) is 18.6. The summed E-state index contributed by atoms with van der Waals surface area (Å²) >= 11 is 0. The first-order valence-corrected chi connectivity index (χ1v) is 9.25. The number of hydrogen-bond donors (Lipinski definition) is 1. The fourth-order valence-corrected chi connectivity index (χ4v) is 3.49. The van der Waals surface area contributed by atoms with Crippen LogP contribution in [-0.4, -0.2) is 35.0 Å². The van der Waals surface area contributed by atoms with Crippen molar-refractivity contribution in [3.63, 3.8) is 0 Å². The SMILES string of the molecule is COC(=O)c1cccc(Nc2ncc(C(=O)N3c4ccccc4CC3C)cn2)c1. The van der Waals surface area contributed by atoms with Crippen LogP contribution in [0.5, 0.6) is 0 Å². The van der Waals surface area contributed by atoms with Gasteiger partial charge in [-0.05, 0) is 43.2 Å². The van der Waals surface area contributed by atoms with Crippen molar-refractivity contribution in [2.75, 3.05) is 17.3 Å². The number of hydrogen-bond acceptors (Lipinski definition) is 6. The van der Waals surface area contributed by atoms with Gasteiger partial charge in [0.15, 0.2) is 0 Å². The summed E-state index contributed by atoms with van der Waals surface area (Å²) in [5.74, 6) is -0.212. The predicted octanol–water partition coefficient (Wildman–Crippen LogP) is 3.60. The number of rotatable bonds is 4. The minimum absolute atomic E-state index is 0.0822. The van der Waals surface area contributed by atoms with Gasteiger partial charge in [0.1, 0.15) is 0 Å². The summed E-state index contributed by atoms with van der Waals surface area (Å²) in [7, 11) is 1.33. The maximum atomic E-state index is 13.0. The smallest absolute Gasteiger partial charge is 0.337 e. The van der Waals surface area contributed by atoms with Crippen LogP contribution in [0, 0.1) is 0 Å². The quantitative estimate of drug-likeness (QED) is 0.688. The van der Waals surface area contributed by atoms with Crippen LogP contribution in [0.2, 0.25) is 0 Å². The average Bonchev–Trinajstić information content (AvgIpc) is 3.09. The summed E-state index contributed by atoms with van der Waals surface area (Å²) < 4.78 is 4.73. The summed E-state index contributed by atoms with van der Waals surface area (Å²) in [6, 6.07) is 14.8. The van der Waals surface area contributed by atoms with Crippen molar-refractivity contribution < 1.29 is 14.3 Å². The molecule has 0 spiro atoms. The molecule has 146 valence electrons. The second-order valence-electron chi connectivity index (χ2n) is 6.85. The number of carbonyl (C=O) groups is 2. The van der Waals surface area contributed by atoms with Crippen molar-refractivity contribution in [1.29, 1.82) is 0 Å². The number of nitrogens with one attached hydrogen (secondary N) is 1. The number of methoxy groups -OCH3 is 1. The standard InChI is InChI=1S/C22H20N4O3/c1-14-10-15-6-3-4-9-19(15)26(14)20(27)17-12-23-22(24-13-17)25-18-8-5-7-16(11-18)21(28)29-2/h3-9,11-14H,10H2,1-2H3,(H,23,24,25). The lowest BCUT2D eigenvalue weighted by atomic mass is 10.1. The Balaban J connectivity index is 1.51. The first-order valence-electron chi connectivity index (χ1n) is 9.25. The zero-order valence-corrected chi connectivity index (χ0v) is 16.1. The summed E-state index contributed by atoms with van der Waals surface area (Å²) in [6.07, 6.45) is 3.85. The maximum Gasteiger partial charge on any atom is 0.337 e. The van der Waals surface area contributed by atoms with Crippen molar-refractivity contribution in [2.24, 2.45) is 0 Å². The molecule has 1 aliphatic rings. The van der Waals surface area contributed by atoms with Gasteiger partial charge >= 0.3 is 5.97 Å². The Morgan fingerprint density at radius 2 is 1.83 bits per heavy atom. The van der Waals surface area contributed by atoms with E-state index in [-0.39, 0.29) is 11.9 Å². The van der Waals surface area contributed by atoms with Gasteiger partial charge in [-0.3, -0.25) is 4.79 Å². The number of fused-ring (bicyclic) bond motifs is 1. The van der Waals surface area contributed by atoms with Gasteiger partial charge in [-0.25, -0.2) is 14.8 Å². The number of aromatic nitrogens is 2. The van der Waals surface area contributed by atoms with Gasteiger partial charge in [0.05, 0.1) is 18.2 Å². The van der Waals surface area contributed by atoms with E-state index in [2.05, 4.69) is 15.3 Å². The molecule has 1 aliphatic heterocycles. The molecule has 0 radical (unpaired) electrons. The van der Waals surface area contributed by atoms with E-state index >= 15 is 0 Å². The maximum absolute atomic E-state index is 13.0. The molecule has 1 atom stereocenters. The van der Waals surface area contributed by atoms with Crippen LogP contribution < -0.4 is 10.2 Å². The van der Waals surface area contributed by atoms with Crippen LogP contribution in [-0.2, 0) is 11.2 Å². The van der Waals surface area contributed by atoms with E-state index in [0.717, 1.165) is 17.7 Å². The Morgan fingerprint density at radius 3 is 2.59 bits per heavy atom. The second kappa shape index (κ2) is 7.71. The van der Waals surface area contributed by atoms with E-state index in [0.29, 0.717) is 22.8 Å². The van der Waals surface area contributed by atoms with Crippen LogP contribution in [0.1, 0.15) is 33.2 Å². The molecule has 0 saturated carbocycles. The molecule has 1 N–H and O–H groups in total. The van der Waals surface area contributed by atoms with Gasteiger partial charge in [-0.15, -0.1) is 0 Å². The molecule has 4 rings (SSSR count). The predicted molar refractivity (Wildman–Crippen MR) is 110 cm³/mol. The normalized spacial score (nSPS) is 15.0. The molecule has 29 heavy (non-hydrogen) atoms. The molecule has 3 aromatic rings. The van der Waals surface area contributed by atoms with Gasteiger partial charge in [0.25, 0.3) is 5.91 Å². The van der Waals surface area contributed by atoms with Crippen LogP contribution >= 0.6 is 0 Å². The molecular formula is C22H20N4O3. The highest BCUT2D eigenvalue weighted by Crippen LogP contribution is 2.32. The van der Waals surface area contributed by atoms with E-state index in [4.69, 9.17) is 4.74 Å². The number of ether oxygens (including phenoxy) is 1. The Labute approximate surface area is 168 Å². The molecule has 7 nitrogen and oxygen atoms in total. The molecule has 1 unspecified atom stereocenters. The van der Waals surface area contributed by atoms with E-state index in [1.54, 1.807) is 29.2 Å². The third kappa shape index (κ3) is 3.67. The first-order chi connectivity index (χ1) is 14.1. The van der Waals surface area contributed by atoms with Gasteiger partial charge in [0.2, 0.25) is 5.95 Å². The number of carbonyl (C=O) groups excluding carboxylic acids is 2. The fourth-order valence-electron chi connectivity index (χ4n) is 3.49. The lowest BCUT2D eigenvalue weighted by Crippen LogP contribution is -2.35. The number of para-hydroxylation sites is 1. The summed E-state index contributed by atoms with van der Waals surface area (Å²) in [5, 5.41) is 3.03. The van der Waals surface area contributed by atoms with E-state index in [9.17, 15) is 9.59 Å². The molecule has 0 aliphatic carbocycles. The van der Waals surface area contributed by atoms with Crippen molar-refractivity contribution in [3.8, 4) is 0 Å². The summed E-state index contributed by atoms with van der Waals surface area (Å²) in [5.41, 5.74) is 3.59. The number of esters is 1. The van der Waals surface area contributed by atoms with E-state index in [1.165, 1.54) is 19.5 Å². The van der Waals surface area contributed by atoms with Crippen molar-refractivity contribution >= 4 is 29.2 Å². The van der Waals surface area contributed by atoms with Crippen LogP contribution in [0.3, 0.4) is 0 Å². The summed E-state index contributed by atoms with van der Waals surface area (Å²) in [6.45, 7) is 2.03. The molecule has 2 aromatic carbocycles.